The van der Waals surface area contributed by atoms with Crippen molar-refractivity contribution >= 4 is 0 Å². The van der Waals surface area contributed by atoms with E-state index in [1.54, 1.807) is 19.2 Å². The third-order valence-electron chi connectivity index (χ3n) is 4.89. The summed E-state index contributed by atoms with van der Waals surface area (Å²) < 4.78 is 35.3. The topological polar surface area (TPSA) is 41.4 Å². The first kappa shape index (κ1) is 17.5. The van der Waals surface area contributed by atoms with Crippen molar-refractivity contribution in [3.63, 3.8) is 0 Å². The predicted octanol–water partition coefficient (Wildman–Crippen LogP) is 1.76. The number of fused-ring (bicyclic) bond motifs is 2. The SMILES string of the molecule is COc1c2c(cc3c1[C@H](C#CCOc1ccc(F)cc1)[NH+](C)CC3)OCO2. The number of ether oxygens (including phenoxy) is 4. The zero-order chi connectivity index (χ0) is 18.8. The predicted molar refractivity (Wildman–Crippen MR) is 97.0 cm³/mol. The van der Waals surface area contributed by atoms with Gasteiger partial charge in [0.25, 0.3) is 0 Å². The number of nitrogens with one attached hydrogen (secondary N) is 1. The summed E-state index contributed by atoms with van der Waals surface area (Å²) in [6.45, 7) is 1.41. The summed E-state index contributed by atoms with van der Waals surface area (Å²) in [5, 5.41) is 0. The first-order chi connectivity index (χ1) is 13.2. The molecule has 0 aliphatic carbocycles. The summed E-state index contributed by atoms with van der Waals surface area (Å²) in [7, 11) is 3.76. The second-order valence-electron chi connectivity index (χ2n) is 6.56. The van der Waals surface area contributed by atoms with Crippen LogP contribution >= 0.6 is 0 Å². The first-order valence-electron chi connectivity index (χ1n) is 8.86. The Kier molecular flexibility index (Phi) is 4.78. The monoisotopic (exact) mass is 370 g/mol. The van der Waals surface area contributed by atoms with Crippen LogP contribution in [0, 0.1) is 17.7 Å². The van der Waals surface area contributed by atoms with Crippen LogP contribution < -0.4 is 23.8 Å². The molecule has 4 rings (SSSR count). The van der Waals surface area contributed by atoms with E-state index >= 15 is 0 Å². The second-order valence-corrected chi connectivity index (χ2v) is 6.56. The molecule has 2 aromatic rings. The van der Waals surface area contributed by atoms with Gasteiger partial charge in [-0.3, -0.25) is 0 Å². The summed E-state index contributed by atoms with van der Waals surface area (Å²) in [5.74, 6) is 8.80. The molecule has 5 nitrogen and oxygen atoms in total. The van der Waals surface area contributed by atoms with E-state index in [9.17, 15) is 4.39 Å². The van der Waals surface area contributed by atoms with E-state index in [4.69, 9.17) is 18.9 Å². The molecule has 0 fully saturated rings. The molecule has 1 N–H and O–H groups in total. The number of quaternary nitrogens is 1. The lowest BCUT2D eigenvalue weighted by Crippen LogP contribution is -3.10. The Hall–Kier alpha value is -2.91. The van der Waals surface area contributed by atoms with E-state index < -0.39 is 0 Å². The van der Waals surface area contributed by atoms with Crippen molar-refractivity contribution in [2.75, 3.05) is 34.1 Å². The van der Waals surface area contributed by atoms with Gasteiger partial charge in [0, 0.05) is 6.42 Å². The van der Waals surface area contributed by atoms with Crippen molar-refractivity contribution in [2.45, 2.75) is 12.5 Å². The molecule has 27 heavy (non-hydrogen) atoms. The minimum Gasteiger partial charge on any atom is -0.492 e. The van der Waals surface area contributed by atoms with Crippen LogP contribution in [0.15, 0.2) is 30.3 Å². The maximum absolute atomic E-state index is 13.0. The van der Waals surface area contributed by atoms with Crippen LogP contribution in [0.3, 0.4) is 0 Å². The van der Waals surface area contributed by atoms with Crippen LogP contribution in [-0.2, 0) is 6.42 Å². The quantitative estimate of drug-likeness (QED) is 0.836. The van der Waals surface area contributed by atoms with Gasteiger partial charge in [-0.2, -0.15) is 0 Å². The molecule has 140 valence electrons. The molecule has 2 aromatic carbocycles. The van der Waals surface area contributed by atoms with Gasteiger partial charge in [-0.15, -0.1) is 0 Å². The fourth-order valence-corrected chi connectivity index (χ4v) is 3.52. The average Bonchev–Trinajstić information content (AvgIpc) is 3.14. The smallest absolute Gasteiger partial charge is 0.231 e. The van der Waals surface area contributed by atoms with Gasteiger partial charge < -0.3 is 23.8 Å². The second kappa shape index (κ2) is 7.37. The van der Waals surface area contributed by atoms with Crippen molar-refractivity contribution in [2.24, 2.45) is 0 Å². The standard InChI is InChI=1S/C21H20FNO4/c1-23-10-9-14-12-18-20(27-13-26-18)21(24-2)19(14)17(23)4-3-11-25-16-7-5-15(22)6-8-16/h5-8,12,17H,9-11,13H2,1-2H3/p+1/t17-/m0/s1. The highest BCUT2D eigenvalue weighted by molar-refractivity contribution is 5.62. The number of halogens is 1. The largest absolute Gasteiger partial charge is 0.492 e. The highest BCUT2D eigenvalue weighted by atomic mass is 19.1. The lowest BCUT2D eigenvalue weighted by Gasteiger charge is -2.29. The zero-order valence-electron chi connectivity index (χ0n) is 15.3. The van der Waals surface area contributed by atoms with Crippen LogP contribution in [0.2, 0.25) is 0 Å². The Labute approximate surface area is 157 Å². The van der Waals surface area contributed by atoms with Gasteiger partial charge in [0.15, 0.2) is 17.5 Å². The summed E-state index contributed by atoms with van der Waals surface area (Å²) in [6.07, 6.45) is 0.929. The van der Waals surface area contributed by atoms with Crippen LogP contribution in [-0.4, -0.2) is 34.1 Å². The van der Waals surface area contributed by atoms with E-state index in [1.807, 2.05) is 6.07 Å². The molecule has 1 unspecified atom stereocenters. The lowest BCUT2D eigenvalue weighted by atomic mass is 9.91. The molecule has 2 heterocycles. The van der Waals surface area contributed by atoms with Gasteiger partial charge in [-0.1, -0.05) is 5.92 Å². The molecular weight excluding hydrogens is 349 g/mol. The van der Waals surface area contributed by atoms with Crippen LogP contribution in [0.5, 0.6) is 23.0 Å². The number of hydrogen-bond donors (Lipinski definition) is 1. The minimum absolute atomic E-state index is 0.0463. The normalized spacial score (nSPS) is 19.7. The summed E-state index contributed by atoms with van der Waals surface area (Å²) in [5.41, 5.74) is 2.24. The zero-order valence-corrected chi connectivity index (χ0v) is 15.3. The minimum atomic E-state index is -0.289. The Morgan fingerprint density at radius 1 is 1.26 bits per heavy atom. The molecule has 2 aliphatic heterocycles. The van der Waals surface area contributed by atoms with Crippen LogP contribution in [0.1, 0.15) is 17.2 Å². The first-order valence-corrected chi connectivity index (χ1v) is 8.86. The van der Waals surface area contributed by atoms with Gasteiger partial charge in [0.05, 0.1) is 26.3 Å². The molecule has 0 bridgehead atoms. The lowest BCUT2D eigenvalue weighted by molar-refractivity contribution is -0.905. The van der Waals surface area contributed by atoms with E-state index in [-0.39, 0.29) is 25.3 Å². The number of rotatable bonds is 3. The third-order valence-corrected chi connectivity index (χ3v) is 4.89. The van der Waals surface area contributed by atoms with Crippen molar-refractivity contribution in [1.82, 2.24) is 0 Å². The Morgan fingerprint density at radius 3 is 2.85 bits per heavy atom. The van der Waals surface area contributed by atoms with Gasteiger partial charge in [-0.05, 0) is 41.8 Å². The molecule has 0 radical (unpaired) electrons. The third kappa shape index (κ3) is 3.38. The fraction of sp³-hybridized carbons (Fsp3) is 0.333. The molecule has 0 saturated heterocycles. The van der Waals surface area contributed by atoms with E-state index in [0.717, 1.165) is 24.3 Å². The average molecular weight is 370 g/mol. The number of likely N-dealkylation sites (N-methyl/N-ethyl adjacent to an activating group) is 1. The molecule has 6 heteroatoms. The van der Waals surface area contributed by atoms with Crippen LogP contribution in [0.4, 0.5) is 4.39 Å². The van der Waals surface area contributed by atoms with Crippen molar-refractivity contribution in [3.05, 3.63) is 47.3 Å². The number of methoxy groups -OCH3 is 1. The van der Waals surface area contributed by atoms with Gasteiger partial charge in [0.1, 0.15) is 18.2 Å². The Balaban J connectivity index is 1.58. The highest BCUT2D eigenvalue weighted by Gasteiger charge is 2.35. The summed E-state index contributed by atoms with van der Waals surface area (Å²) >= 11 is 0. The molecule has 2 atom stereocenters. The van der Waals surface area contributed by atoms with E-state index in [0.29, 0.717) is 17.2 Å². The maximum atomic E-state index is 13.0. The maximum Gasteiger partial charge on any atom is 0.231 e. The summed E-state index contributed by atoms with van der Waals surface area (Å²) in [6, 6.07) is 7.91. The van der Waals surface area contributed by atoms with Gasteiger partial charge >= 0.3 is 0 Å². The Bertz CT molecular complexity index is 901. The Morgan fingerprint density at radius 2 is 2.07 bits per heavy atom. The molecule has 0 amide bonds. The molecular formula is C21H21FNO4+. The molecule has 2 aliphatic rings. The van der Waals surface area contributed by atoms with Gasteiger partial charge in [0.2, 0.25) is 12.5 Å². The molecule has 0 aromatic heterocycles. The van der Waals surface area contributed by atoms with Gasteiger partial charge in [-0.25, -0.2) is 4.39 Å². The van der Waals surface area contributed by atoms with Crippen molar-refractivity contribution < 1.29 is 28.2 Å². The van der Waals surface area contributed by atoms with Crippen molar-refractivity contribution in [3.8, 4) is 34.8 Å². The number of benzene rings is 2. The van der Waals surface area contributed by atoms with E-state index in [1.165, 1.54) is 22.6 Å². The van der Waals surface area contributed by atoms with E-state index in [2.05, 4.69) is 18.9 Å². The van der Waals surface area contributed by atoms with Crippen LogP contribution in [0.25, 0.3) is 0 Å². The summed E-state index contributed by atoms with van der Waals surface area (Å²) in [4.78, 5) is 1.29. The van der Waals surface area contributed by atoms with Crippen molar-refractivity contribution in [1.29, 1.82) is 0 Å². The fourth-order valence-electron chi connectivity index (χ4n) is 3.52. The highest BCUT2D eigenvalue weighted by Crippen LogP contribution is 2.47. The molecule has 0 spiro atoms. The molecule has 0 saturated carbocycles. The number of hydrogen-bond acceptors (Lipinski definition) is 4.